The Morgan fingerprint density at radius 1 is 1.00 bits per heavy atom. The molecule has 0 unspecified atom stereocenters. The number of hydrogen-bond donors (Lipinski definition) is 0. The lowest BCUT2D eigenvalue weighted by molar-refractivity contribution is 0.689. The van der Waals surface area contributed by atoms with Gasteiger partial charge >= 0.3 is 0 Å². The topological polar surface area (TPSA) is 0 Å². The van der Waals surface area contributed by atoms with Crippen LogP contribution in [0.15, 0.2) is 30.3 Å². The monoisotopic (exact) mass is 175 g/mol. The standard InChI is InChI=1S/C13H19/c1-12(2)8-6-7-11-13-9-4-3-5-10-13/h3-5,9-10H,6-8,11H2,1-2H3. The van der Waals surface area contributed by atoms with Crippen LogP contribution in [0, 0.1) is 5.92 Å². The molecule has 0 bridgehead atoms. The molecular formula is C13H19. The lowest BCUT2D eigenvalue weighted by atomic mass is 10.0. The van der Waals surface area contributed by atoms with Gasteiger partial charge in [0.25, 0.3) is 0 Å². The van der Waals surface area contributed by atoms with E-state index in [1.807, 2.05) is 0 Å². The molecule has 0 saturated heterocycles. The van der Waals surface area contributed by atoms with E-state index in [0.29, 0.717) is 0 Å². The van der Waals surface area contributed by atoms with Crippen molar-refractivity contribution >= 4 is 0 Å². The number of benzene rings is 1. The van der Waals surface area contributed by atoms with Crippen molar-refractivity contribution < 1.29 is 0 Å². The van der Waals surface area contributed by atoms with E-state index in [1.165, 1.54) is 31.2 Å². The summed E-state index contributed by atoms with van der Waals surface area (Å²) in [5.41, 5.74) is 1.47. The summed E-state index contributed by atoms with van der Waals surface area (Å²) < 4.78 is 0. The summed E-state index contributed by atoms with van der Waals surface area (Å²) in [5, 5.41) is 0. The molecule has 0 aromatic heterocycles. The van der Waals surface area contributed by atoms with Gasteiger partial charge in [-0.3, -0.25) is 0 Å². The summed E-state index contributed by atoms with van der Waals surface area (Å²) in [6.07, 6.45) is 5.16. The first-order valence-electron chi connectivity index (χ1n) is 5.12. The van der Waals surface area contributed by atoms with Crippen molar-refractivity contribution in [3.8, 4) is 0 Å². The van der Waals surface area contributed by atoms with Gasteiger partial charge in [0, 0.05) is 0 Å². The highest BCUT2D eigenvalue weighted by atomic mass is 14.0. The van der Waals surface area contributed by atoms with E-state index in [9.17, 15) is 0 Å². The van der Waals surface area contributed by atoms with Gasteiger partial charge in [0.05, 0.1) is 0 Å². The van der Waals surface area contributed by atoms with E-state index in [1.54, 1.807) is 5.92 Å². The minimum Gasteiger partial charge on any atom is -0.0622 e. The normalized spacial score (nSPS) is 10.7. The molecule has 0 aliphatic carbocycles. The Morgan fingerprint density at radius 3 is 2.31 bits per heavy atom. The summed E-state index contributed by atoms with van der Waals surface area (Å²) in [6.45, 7) is 4.42. The van der Waals surface area contributed by atoms with Gasteiger partial charge in [-0.15, -0.1) is 0 Å². The molecule has 1 radical (unpaired) electrons. The summed E-state index contributed by atoms with van der Waals surface area (Å²) in [4.78, 5) is 0. The molecule has 0 fully saturated rings. The van der Waals surface area contributed by atoms with Gasteiger partial charge in [-0.05, 0) is 30.7 Å². The number of hydrogen-bond acceptors (Lipinski definition) is 0. The molecule has 1 aromatic carbocycles. The van der Waals surface area contributed by atoms with E-state index >= 15 is 0 Å². The third kappa shape index (κ3) is 4.72. The Balaban J connectivity index is 2.13. The van der Waals surface area contributed by atoms with Crippen molar-refractivity contribution in [1.82, 2.24) is 0 Å². The molecule has 0 aliphatic heterocycles. The average molecular weight is 175 g/mol. The zero-order chi connectivity index (χ0) is 9.52. The molecule has 0 saturated carbocycles. The van der Waals surface area contributed by atoms with Gasteiger partial charge in [0.2, 0.25) is 0 Å². The maximum absolute atomic E-state index is 2.21. The van der Waals surface area contributed by atoms with Crippen molar-refractivity contribution in [3.63, 3.8) is 0 Å². The average Bonchev–Trinajstić information content (AvgIpc) is 2.14. The van der Waals surface area contributed by atoms with E-state index in [-0.39, 0.29) is 0 Å². The highest BCUT2D eigenvalue weighted by Gasteiger charge is 1.95. The molecule has 71 valence electrons. The van der Waals surface area contributed by atoms with Crippen LogP contribution in [0.5, 0.6) is 0 Å². The van der Waals surface area contributed by atoms with Crippen LogP contribution in [-0.2, 0) is 6.42 Å². The van der Waals surface area contributed by atoms with Crippen LogP contribution >= 0.6 is 0 Å². The van der Waals surface area contributed by atoms with Gasteiger partial charge in [-0.25, -0.2) is 0 Å². The molecule has 0 spiro atoms. The van der Waals surface area contributed by atoms with Crippen LogP contribution in [0.2, 0.25) is 0 Å². The SMILES string of the molecule is C[C](C)CCCCc1ccccc1. The third-order valence-corrected chi connectivity index (χ3v) is 2.24. The Kier molecular flexibility index (Phi) is 4.59. The van der Waals surface area contributed by atoms with Crippen LogP contribution in [0.1, 0.15) is 38.7 Å². The Labute approximate surface area is 82.0 Å². The summed E-state index contributed by atoms with van der Waals surface area (Å²) in [5.74, 6) is 1.55. The second-order valence-electron chi connectivity index (χ2n) is 3.90. The smallest absolute Gasteiger partial charge is 0.0279 e. The van der Waals surface area contributed by atoms with Gasteiger partial charge in [0.1, 0.15) is 0 Å². The van der Waals surface area contributed by atoms with E-state index in [2.05, 4.69) is 44.2 Å². The minimum absolute atomic E-state index is 1.23. The van der Waals surface area contributed by atoms with Gasteiger partial charge in [-0.2, -0.15) is 0 Å². The number of aryl methyl sites for hydroxylation is 1. The van der Waals surface area contributed by atoms with Crippen LogP contribution in [-0.4, -0.2) is 0 Å². The highest BCUT2D eigenvalue weighted by molar-refractivity contribution is 5.14. The summed E-state index contributed by atoms with van der Waals surface area (Å²) >= 11 is 0. The molecule has 0 N–H and O–H groups in total. The molecule has 0 aliphatic rings. The van der Waals surface area contributed by atoms with Crippen molar-refractivity contribution in [3.05, 3.63) is 41.8 Å². The number of unbranched alkanes of at least 4 members (excludes halogenated alkanes) is 1. The minimum atomic E-state index is 1.23. The fraction of sp³-hybridized carbons (Fsp3) is 0.462. The quantitative estimate of drug-likeness (QED) is 0.593. The largest absolute Gasteiger partial charge is 0.0622 e. The van der Waals surface area contributed by atoms with Crippen LogP contribution in [0.4, 0.5) is 0 Å². The molecule has 0 heterocycles. The van der Waals surface area contributed by atoms with Crippen LogP contribution in [0.25, 0.3) is 0 Å². The lowest BCUT2D eigenvalue weighted by Crippen LogP contribution is -1.88. The Morgan fingerprint density at radius 2 is 1.69 bits per heavy atom. The van der Waals surface area contributed by atoms with Crippen LogP contribution in [0.3, 0.4) is 0 Å². The third-order valence-electron chi connectivity index (χ3n) is 2.24. The molecule has 13 heavy (non-hydrogen) atoms. The summed E-state index contributed by atoms with van der Waals surface area (Å²) in [6, 6.07) is 10.7. The maximum atomic E-state index is 2.21. The zero-order valence-corrected chi connectivity index (χ0v) is 8.72. The van der Waals surface area contributed by atoms with E-state index in [4.69, 9.17) is 0 Å². The molecule has 0 nitrogen and oxygen atoms in total. The molecule has 1 aromatic rings. The summed E-state index contributed by atoms with van der Waals surface area (Å²) in [7, 11) is 0. The zero-order valence-electron chi connectivity index (χ0n) is 8.72. The van der Waals surface area contributed by atoms with Crippen LogP contribution < -0.4 is 0 Å². The second kappa shape index (κ2) is 5.80. The van der Waals surface area contributed by atoms with Crippen molar-refractivity contribution in [2.45, 2.75) is 39.5 Å². The maximum Gasteiger partial charge on any atom is -0.0279 e. The van der Waals surface area contributed by atoms with Crippen molar-refractivity contribution in [2.75, 3.05) is 0 Å². The molecule has 0 heteroatoms. The van der Waals surface area contributed by atoms with Gasteiger partial charge in [0.15, 0.2) is 0 Å². The fourth-order valence-corrected chi connectivity index (χ4v) is 1.45. The predicted molar refractivity (Wildman–Crippen MR) is 58.6 cm³/mol. The van der Waals surface area contributed by atoms with E-state index < -0.39 is 0 Å². The molecule has 0 atom stereocenters. The first kappa shape index (κ1) is 10.3. The Bertz CT molecular complexity index is 211. The fourth-order valence-electron chi connectivity index (χ4n) is 1.45. The van der Waals surface area contributed by atoms with Gasteiger partial charge in [-0.1, -0.05) is 50.6 Å². The van der Waals surface area contributed by atoms with Crippen molar-refractivity contribution in [1.29, 1.82) is 0 Å². The Hall–Kier alpha value is -0.780. The number of rotatable bonds is 5. The molecule has 1 rings (SSSR count). The predicted octanol–water partition coefficient (Wildman–Crippen LogP) is 4.01. The highest BCUT2D eigenvalue weighted by Crippen LogP contribution is 2.11. The van der Waals surface area contributed by atoms with Crippen molar-refractivity contribution in [2.24, 2.45) is 0 Å². The van der Waals surface area contributed by atoms with E-state index in [0.717, 1.165) is 0 Å². The lowest BCUT2D eigenvalue weighted by Gasteiger charge is -2.03. The van der Waals surface area contributed by atoms with Gasteiger partial charge < -0.3 is 0 Å². The first-order chi connectivity index (χ1) is 6.29. The molecule has 0 amide bonds. The first-order valence-corrected chi connectivity index (χ1v) is 5.12. The molecular weight excluding hydrogens is 156 g/mol. The second-order valence-corrected chi connectivity index (χ2v) is 3.90.